The maximum Gasteiger partial charge on any atom is 0.346 e. The minimum absolute atomic E-state index is 0.664. The second-order valence-corrected chi connectivity index (χ2v) is 21.8. The van der Waals surface area contributed by atoms with Gasteiger partial charge in [0.25, 0.3) is 0 Å². The first kappa shape index (κ1) is 38.5. The lowest BCUT2D eigenvalue weighted by Gasteiger charge is -2.36. The van der Waals surface area contributed by atoms with E-state index >= 15 is 0 Å². The summed E-state index contributed by atoms with van der Waals surface area (Å²) in [7, 11) is -6.37. The first-order valence-corrected chi connectivity index (χ1v) is 24.5. The molecule has 0 unspecified atom stereocenters. The highest BCUT2D eigenvalue weighted by molar-refractivity contribution is 7.08. The van der Waals surface area contributed by atoms with Crippen molar-refractivity contribution in [3.05, 3.63) is 277 Å². The van der Waals surface area contributed by atoms with Crippen molar-refractivity contribution in [1.82, 2.24) is 0 Å². The molecule has 0 bridgehead atoms. The molecule has 0 fully saturated rings. The van der Waals surface area contributed by atoms with Gasteiger partial charge in [-0.05, 0) is 54.4 Å². The van der Waals surface area contributed by atoms with E-state index in [9.17, 15) is 0 Å². The number of benzene rings is 9. The van der Waals surface area contributed by atoms with Crippen LogP contribution in [0.5, 0.6) is 11.5 Å². The molecule has 60 heavy (non-hydrogen) atoms. The van der Waals surface area contributed by atoms with Crippen LogP contribution >= 0.6 is 0 Å². The molecule has 0 saturated heterocycles. The Bertz CT molecular complexity index is 2330. The normalized spacial score (nSPS) is 11.5. The van der Waals surface area contributed by atoms with Crippen molar-refractivity contribution in [3.8, 4) is 11.5 Å². The van der Waals surface area contributed by atoms with Crippen LogP contribution in [-0.4, -0.2) is 16.6 Å². The molecular formula is C56H46O2Si2. The topological polar surface area (TPSA) is 18.5 Å². The van der Waals surface area contributed by atoms with Gasteiger partial charge in [0.2, 0.25) is 0 Å². The molecule has 0 atom stereocenters. The molecule has 9 aromatic rings. The van der Waals surface area contributed by atoms with Crippen LogP contribution in [0, 0.1) is 0 Å². The molecule has 0 N–H and O–H groups in total. The predicted molar refractivity (Wildman–Crippen MR) is 254 cm³/mol. The second-order valence-electron chi connectivity index (χ2n) is 15.2. The van der Waals surface area contributed by atoms with E-state index in [0.717, 1.165) is 22.6 Å². The Kier molecular flexibility index (Phi) is 11.5. The lowest BCUT2D eigenvalue weighted by atomic mass is 9.98. The summed E-state index contributed by atoms with van der Waals surface area (Å²) in [5, 5.41) is 7.09. The van der Waals surface area contributed by atoms with Crippen LogP contribution in [0.3, 0.4) is 0 Å². The molecule has 4 heteroatoms. The summed E-state index contributed by atoms with van der Waals surface area (Å²) in [6.07, 6.45) is 1.33. The highest BCUT2D eigenvalue weighted by Crippen LogP contribution is 2.35. The Morgan fingerprint density at radius 2 is 0.450 bits per heavy atom. The summed E-state index contributed by atoms with van der Waals surface area (Å²) in [5.74, 6) is 1.73. The van der Waals surface area contributed by atoms with Crippen LogP contribution in [0.1, 0.15) is 22.3 Å². The summed E-state index contributed by atoms with van der Waals surface area (Å²) < 4.78 is 16.0. The molecule has 0 radical (unpaired) electrons. The van der Waals surface area contributed by atoms with E-state index in [4.69, 9.17) is 8.85 Å². The number of hydrogen-bond donors (Lipinski definition) is 0. The van der Waals surface area contributed by atoms with E-state index in [1.165, 1.54) is 42.2 Å². The monoisotopic (exact) mass is 806 g/mol. The van der Waals surface area contributed by atoms with Crippen LogP contribution in [-0.2, 0) is 12.8 Å². The van der Waals surface area contributed by atoms with Gasteiger partial charge < -0.3 is 8.85 Å². The summed E-state index contributed by atoms with van der Waals surface area (Å²) in [6, 6.07) is 91.1. The lowest BCUT2D eigenvalue weighted by molar-refractivity contribution is 0.549. The fourth-order valence-corrected chi connectivity index (χ4v) is 16.2. The van der Waals surface area contributed by atoms with Crippen molar-refractivity contribution >= 4 is 47.8 Å². The van der Waals surface area contributed by atoms with Gasteiger partial charge in [0.1, 0.15) is 11.5 Å². The van der Waals surface area contributed by atoms with Gasteiger partial charge in [-0.3, -0.25) is 0 Å². The van der Waals surface area contributed by atoms with Gasteiger partial charge in [-0.1, -0.05) is 243 Å². The van der Waals surface area contributed by atoms with E-state index in [1.54, 1.807) is 0 Å². The van der Waals surface area contributed by atoms with Gasteiger partial charge in [0, 0.05) is 24.0 Å². The third-order valence-electron chi connectivity index (χ3n) is 11.3. The van der Waals surface area contributed by atoms with E-state index in [-0.39, 0.29) is 0 Å². The number of rotatable bonds is 14. The van der Waals surface area contributed by atoms with Crippen molar-refractivity contribution < 1.29 is 8.85 Å². The van der Waals surface area contributed by atoms with Gasteiger partial charge >= 0.3 is 16.6 Å². The molecule has 2 nitrogen and oxygen atoms in total. The fraction of sp³-hybridized carbons (Fsp3) is 0.0357. The third-order valence-corrected chi connectivity index (χ3v) is 19.3. The number of hydrogen-bond acceptors (Lipinski definition) is 2. The predicted octanol–water partition coefficient (Wildman–Crippen LogP) is 8.96. The average molecular weight is 807 g/mol. The van der Waals surface area contributed by atoms with Gasteiger partial charge in [0.05, 0.1) is 0 Å². The zero-order chi connectivity index (χ0) is 40.5. The molecule has 0 amide bonds. The second kappa shape index (κ2) is 17.9. The highest BCUT2D eigenvalue weighted by Gasteiger charge is 2.46. The van der Waals surface area contributed by atoms with Crippen molar-refractivity contribution in [2.75, 3.05) is 0 Å². The summed E-state index contributed by atoms with van der Waals surface area (Å²) in [4.78, 5) is 0. The van der Waals surface area contributed by atoms with E-state index in [1.807, 2.05) is 0 Å². The van der Waals surface area contributed by atoms with E-state index in [2.05, 4.69) is 255 Å². The smallest absolute Gasteiger partial charge is 0.346 e. The van der Waals surface area contributed by atoms with E-state index in [0.29, 0.717) is 12.8 Å². The Labute approximate surface area is 356 Å². The molecule has 0 heterocycles. The van der Waals surface area contributed by atoms with Gasteiger partial charge in [-0.15, -0.1) is 0 Å². The van der Waals surface area contributed by atoms with E-state index < -0.39 is 16.6 Å². The molecule has 9 aromatic carbocycles. The first-order valence-electron chi connectivity index (χ1n) is 20.7. The molecule has 0 aliphatic rings. The van der Waals surface area contributed by atoms with Crippen molar-refractivity contribution in [2.24, 2.45) is 0 Å². The van der Waals surface area contributed by atoms with Crippen molar-refractivity contribution in [1.29, 1.82) is 0 Å². The van der Waals surface area contributed by atoms with Gasteiger partial charge in [-0.2, -0.15) is 0 Å². The molecule has 0 aliphatic carbocycles. The molecule has 0 aromatic heterocycles. The van der Waals surface area contributed by atoms with Crippen LogP contribution in [0.15, 0.2) is 255 Å². The largest absolute Gasteiger partial charge is 0.530 e. The maximum atomic E-state index is 7.98. The Balaban J connectivity index is 1.33. The van der Waals surface area contributed by atoms with Crippen molar-refractivity contribution in [3.63, 3.8) is 0 Å². The van der Waals surface area contributed by atoms with Crippen LogP contribution in [0.25, 0.3) is 0 Å². The van der Waals surface area contributed by atoms with Crippen LogP contribution < -0.4 is 40.0 Å². The molecule has 0 saturated carbocycles. The summed E-state index contributed by atoms with van der Waals surface area (Å²) >= 11 is 0. The summed E-state index contributed by atoms with van der Waals surface area (Å²) in [6.45, 7) is 0. The first-order chi connectivity index (χ1) is 29.7. The Morgan fingerprint density at radius 1 is 0.250 bits per heavy atom. The van der Waals surface area contributed by atoms with Gasteiger partial charge in [-0.25, -0.2) is 0 Å². The highest BCUT2D eigenvalue weighted by atomic mass is 28.4. The zero-order valence-electron chi connectivity index (χ0n) is 33.5. The Morgan fingerprint density at radius 3 is 0.667 bits per heavy atom. The van der Waals surface area contributed by atoms with Crippen molar-refractivity contribution in [2.45, 2.75) is 12.8 Å². The quantitative estimate of drug-likeness (QED) is 0.0808. The zero-order valence-corrected chi connectivity index (χ0v) is 35.5. The third kappa shape index (κ3) is 7.91. The lowest BCUT2D eigenvalue weighted by Crippen LogP contribution is -2.71. The standard InChI is InChI=1S/C56H46O2Si2/c1-9-25-45(26-10-1)41-47-43-56(58-60(52-35-19-6-20-36-52,53-37-21-7-22-38-53)54-39-23-8-24-40-54)48(42-46-27-11-2-12-28-46)44-55(47)57-59(49-29-13-3-14-30-49,50-31-15-4-16-32-50)51-33-17-5-18-34-51/h1-40,43-44H,41-42H2. The molecular weight excluding hydrogens is 761 g/mol. The van der Waals surface area contributed by atoms with Crippen LogP contribution in [0.2, 0.25) is 0 Å². The molecule has 290 valence electrons. The fourth-order valence-electron chi connectivity index (χ4n) is 8.46. The average Bonchev–Trinajstić information content (AvgIpc) is 3.33. The van der Waals surface area contributed by atoms with Gasteiger partial charge in [0.15, 0.2) is 0 Å². The summed E-state index contributed by atoms with van der Waals surface area (Å²) in [5.41, 5.74) is 4.55. The van der Waals surface area contributed by atoms with Crippen LogP contribution in [0.4, 0.5) is 0 Å². The molecule has 0 aliphatic heterocycles. The molecule has 0 spiro atoms. The minimum atomic E-state index is -3.18. The SMILES string of the molecule is c1ccc(Cc2cc(O[Si](c3ccccc3)(c3ccccc3)c3ccccc3)c(Cc3ccccc3)cc2O[Si](c2ccccc2)(c2ccccc2)c2ccccc2)cc1. The minimum Gasteiger partial charge on any atom is -0.530 e. The Hall–Kier alpha value is -6.99. The molecule has 9 rings (SSSR count). The maximum absolute atomic E-state index is 7.98.